The molecule has 3 N–H and O–H groups in total. The van der Waals surface area contributed by atoms with Crippen molar-refractivity contribution in [2.45, 2.75) is 6.54 Å². The van der Waals surface area contributed by atoms with Gasteiger partial charge in [-0.2, -0.15) is 0 Å². The average molecular weight is 246 g/mol. The van der Waals surface area contributed by atoms with Gasteiger partial charge < -0.3 is 20.3 Å². The molecule has 1 aromatic heterocycles. The number of H-pyrrole nitrogens is 1. The largest absolute Gasteiger partial charge is 0.395 e. The van der Waals surface area contributed by atoms with Crippen LogP contribution < -0.4 is 10.2 Å². The van der Waals surface area contributed by atoms with Gasteiger partial charge in [0.15, 0.2) is 0 Å². The van der Waals surface area contributed by atoms with Crippen molar-refractivity contribution >= 4 is 11.4 Å². The number of hydrogen-bond acceptors (Lipinski definition) is 4. The van der Waals surface area contributed by atoms with Crippen molar-refractivity contribution in [1.29, 1.82) is 0 Å². The van der Waals surface area contributed by atoms with E-state index in [1.165, 1.54) is 0 Å². The van der Waals surface area contributed by atoms with Gasteiger partial charge in [-0.15, -0.1) is 0 Å². The number of aromatic nitrogens is 2. The minimum Gasteiger partial charge on any atom is -0.395 e. The van der Waals surface area contributed by atoms with E-state index in [1.54, 1.807) is 6.20 Å². The van der Waals surface area contributed by atoms with Crippen LogP contribution in [0.1, 0.15) is 5.82 Å². The zero-order valence-corrected chi connectivity index (χ0v) is 10.4. The molecule has 0 bridgehead atoms. The highest BCUT2D eigenvalue weighted by Gasteiger charge is 2.00. The molecule has 0 aliphatic carbocycles. The lowest BCUT2D eigenvalue weighted by Crippen LogP contribution is -2.20. The molecular formula is C13H18N4O. The van der Waals surface area contributed by atoms with Crippen molar-refractivity contribution in [1.82, 2.24) is 9.97 Å². The Morgan fingerprint density at radius 1 is 1.33 bits per heavy atom. The van der Waals surface area contributed by atoms with Crippen molar-refractivity contribution in [2.75, 3.05) is 30.4 Å². The SMILES string of the molecule is CN(CCO)c1ccc(NCc2ncc[nH]2)cc1. The van der Waals surface area contributed by atoms with Crippen LogP contribution in [0.15, 0.2) is 36.7 Å². The lowest BCUT2D eigenvalue weighted by Gasteiger charge is -2.18. The Kier molecular flexibility index (Phi) is 4.20. The Hall–Kier alpha value is -2.01. The second-order valence-electron chi connectivity index (χ2n) is 4.08. The lowest BCUT2D eigenvalue weighted by atomic mass is 10.2. The number of rotatable bonds is 6. The number of imidazole rings is 1. The molecule has 18 heavy (non-hydrogen) atoms. The summed E-state index contributed by atoms with van der Waals surface area (Å²) in [5, 5.41) is 12.2. The summed E-state index contributed by atoms with van der Waals surface area (Å²) in [4.78, 5) is 9.20. The summed E-state index contributed by atoms with van der Waals surface area (Å²) in [6, 6.07) is 8.10. The molecule has 2 rings (SSSR count). The Morgan fingerprint density at radius 2 is 2.11 bits per heavy atom. The van der Waals surface area contributed by atoms with Gasteiger partial charge in [0.25, 0.3) is 0 Å². The maximum atomic E-state index is 8.88. The summed E-state index contributed by atoms with van der Waals surface area (Å²) in [6.45, 7) is 1.48. The predicted molar refractivity (Wildman–Crippen MR) is 72.7 cm³/mol. The third kappa shape index (κ3) is 3.24. The lowest BCUT2D eigenvalue weighted by molar-refractivity contribution is 0.304. The molecular weight excluding hydrogens is 228 g/mol. The number of aromatic amines is 1. The van der Waals surface area contributed by atoms with E-state index in [0.717, 1.165) is 17.2 Å². The quantitative estimate of drug-likeness (QED) is 0.722. The minimum atomic E-state index is 0.162. The van der Waals surface area contributed by atoms with Gasteiger partial charge in [-0.25, -0.2) is 4.98 Å². The molecule has 1 aromatic carbocycles. The first kappa shape index (κ1) is 12.4. The number of nitrogens with one attached hydrogen (secondary N) is 2. The highest BCUT2D eigenvalue weighted by atomic mass is 16.3. The molecule has 0 atom stereocenters. The number of hydrogen-bond donors (Lipinski definition) is 3. The van der Waals surface area contributed by atoms with Gasteiger partial charge in [0.1, 0.15) is 5.82 Å². The summed E-state index contributed by atoms with van der Waals surface area (Å²) in [6.07, 6.45) is 3.55. The normalized spacial score (nSPS) is 10.3. The predicted octanol–water partition coefficient (Wildman–Crippen LogP) is 1.45. The second-order valence-corrected chi connectivity index (χ2v) is 4.08. The average Bonchev–Trinajstić information content (AvgIpc) is 2.90. The van der Waals surface area contributed by atoms with Crippen molar-refractivity contribution < 1.29 is 5.11 Å². The number of nitrogens with zero attached hydrogens (tertiary/aromatic N) is 2. The van der Waals surface area contributed by atoms with Crippen LogP contribution in [0.2, 0.25) is 0 Å². The first-order chi connectivity index (χ1) is 8.79. The van der Waals surface area contributed by atoms with Gasteiger partial charge in [-0.1, -0.05) is 0 Å². The zero-order chi connectivity index (χ0) is 12.8. The van der Waals surface area contributed by atoms with Gasteiger partial charge in [0.2, 0.25) is 0 Å². The Labute approximate surface area is 106 Å². The fourth-order valence-corrected chi connectivity index (χ4v) is 1.69. The van der Waals surface area contributed by atoms with E-state index >= 15 is 0 Å². The minimum absolute atomic E-state index is 0.162. The van der Waals surface area contributed by atoms with E-state index in [1.807, 2.05) is 42.4 Å². The van der Waals surface area contributed by atoms with Crippen LogP contribution in [-0.4, -0.2) is 35.3 Å². The molecule has 0 saturated carbocycles. The molecule has 0 unspecified atom stereocenters. The van der Waals surface area contributed by atoms with E-state index in [2.05, 4.69) is 15.3 Å². The molecule has 0 aliphatic rings. The summed E-state index contributed by atoms with van der Waals surface area (Å²) in [7, 11) is 1.96. The Morgan fingerprint density at radius 3 is 2.72 bits per heavy atom. The molecule has 5 heteroatoms. The molecule has 0 spiro atoms. The van der Waals surface area contributed by atoms with Crippen LogP contribution in [-0.2, 0) is 6.54 Å². The van der Waals surface area contributed by atoms with E-state index < -0.39 is 0 Å². The van der Waals surface area contributed by atoms with Gasteiger partial charge in [-0.3, -0.25) is 0 Å². The van der Waals surface area contributed by atoms with E-state index in [4.69, 9.17) is 5.11 Å². The molecule has 0 saturated heterocycles. The number of benzene rings is 1. The summed E-state index contributed by atoms with van der Waals surface area (Å²) in [5.41, 5.74) is 2.14. The molecule has 0 radical (unpaired) electrons. The third-order valence-corrected chi connectivity index (χ3v) is 2.76. The van der Waals surface area contributed by atoms with Crippen LogP contribution in [0, 0.1) is 0 Å². The van der Waals surface area contributed by atoms with Gasteiger partial charge in [-0.05, 0) is 24.3 Å². The molecule has 2 aromatic rings. The molecule has 1 heterocycles. The van der Waals surface area contributed by atoms with Crippen LogP contribution in [0.3, 0.4) is 0 Å². The number of anilines is 2. The maximum Gasteiger partial charge on any atom is 0.125 e. The van der Waals surface area contributed by atoms with E-state index in [0.29, 0.717) is 13.1 Å². The van der Waals surface area contributed by atoms with Gasteiger partial charge in [0.05, 0.1) is 13.2 Å². The van der Waals surface area contributed by atoms with E-state index in [-0.39, 0.29) is 6.61 Å². The van der Waals surface area contributed by atoms with E-state index in [9.17, 15) is 0 Å². The zero-order valence-electron chi connectivity index (χ0n) is 10.4. The smallest absolute Gasteiger partial charge is 0.125 e. The number of likely N-dealkylation sites (N-methyl/N-ethyl adjacent to an activating group) is 1. The maximum absolute atomic E-state index is 8.88. The van der Waals surface area contributed by atoms with Gasteiger partial charge in [0, 0.05) is 37.4 Å². The third-order valence-electron chi connectivity index (χ3n) is 2.76. The van der Waals surface area contributed by atoms with Crippen LogP contribution >= 0.6 is 0 Å². The highest BCUT2D eigenvalue weighted by molar-refractivity contribution is 5.54. The van der Waals surface area contributed by atoms with Crippen molar-refractivity contribution in [3.63, 3.8) is 0 Å². The van der Waals surface area contributed by atoms with Crippen LogP contribution in [0.4, 0.5) is 11.4 Å². The fourth-order valence-electron chi connectivity index (χ4n) is 1.69. The number of aliphatic hydroxyl groups excluding tert-OH is 1. The number of aliphatic hydroxyl groups is 1. The molecule has 0 fully saturated rings. The first-order valence-corrected chi connectivity index (χ1v) is 5.94. The first-order valence-electron chi connectivity index (χ1n) is 5.94. The van der Waals surface area contributed by atoms with Crippen molar-refractivity contribution in [3.8, 4) is 0 Å². The van der Waals surface area contributed by atoms with Gasteiger partial charge >= 0.3 is 0 Å². The molecule has 0 amide bonds. The van der Waals surface area contributed by atoms with Crippen LogP contribution in [0.5, 0.6) is 0 Å². The molecule has 0 aliphatic heterocycles. The highest BCUT2D eigenvalue weighted by Crippen LogP contribution is 2.16. The van der Waals surface area contributed by atoms with Crippen LogP contribution in [0.25, 0.3) is 0 Å². The van der Waals surface area contributed by atoms with Crippen molar-refractivity contribution in [3.05, 3.63) is 42.5 Å². The second kappa shape index (κ2) is 6.07. The molecule has 96 valence electrons. The summed E-state index contributed by atoms with van der Waals surface area (Å²) < 4.78 is 0. The fraction of sp³-hybridized carbons (Fsp3) is 0.308. The topological polar surface area (TPSA) is 64.2 Å². The Balaban J connectivity index is 1.91. The molecule has 5 nitrogen and oxygen atoms in total. The standard InChI is InChI=1S/C13H18N4O/c1-17(8-9-18)12-4-2-11(3-5-12)16-10-13-14-6-7-15-13/h2-7,16,18H,8-10H2,1H3,(H,14,15). The summed E-state index contributed by atoms with van der Waals surface area (Å²) in [5.74, 6) is 0.913. The monoisotopic (exact) mass is 246 g/mol. The summed E-state index contributed by atoms with van der Waals surface area (Å²) >= 11 is 0. The Bertz CT molecular complexity index is 452. The van der Waals surface area contributed by atoms with Crippen molar-refractivity contribution in [2.24, 2.45) is 0 Å².